The van der Waals surface area contributed by atoms with Gasteiger partial charge in [-0.25, -0.2) is 4.98 Å². The highest BCUT2D eigenvalue weighted by Crippen LogP contribution is 2.27. The van der Waals surface area contributed by atoms with Gasteiger partial charge in [0.2, 0.25) is 5.95 Å². The van der Waals surface area contributed by atoms with Gasteiger partial charge < -0.3 is 25.8 Å². The maximum atomic E-state index is 14.1. The van der Waals surface area contributed by atoms with Crippen LogP contribution in [-0.2, 0) is 17.7 Å². The lowest BCUT2D eigenvalue weighted by molar-refractivity contribution is 0.584. The molecule has 0 radical (unpaired) electrons. The fraction of sp³-hybridized carbons (Fsp3) is 0.273. The molecular formula is C33H36N8O2S. The number of nitrogens with one attached hydrogen (secondary N) is 4. The zero-order valence-corrected chi connectivity index (χ0v) is 25.8. The van der Waals surface area contributed by atoms with Gasteiger partial charge in [0.25, 0.3) is 5.56 Å². The van der Waals surface area contributed by atoms with Crippen LogP contribution in [0.5, 0.6) is 0 Å². The van der Waals surface area contributed by atoms with Crippen molar-refractivity contribution in [1.29, 1.82) is 0 Å². The maximum Gasteiger partial charge on any atom is 0.276 e. The molecule has 6 rings (SSSR count). The second-order valence-corrected chi connectivity index (χ2v) is 13.2. The van der Waals surface area contributed by atoms with E-state index in [2.05, 4.69) is 31.2 Å². The van der Waals surface area contributed by atoms with Gasteiger partial charge in [0, 0.05) is 47.3 Å². The normalized spacial score (nSPS) is 15.4. The summed E-state index contributed by atoms with van der Waals surface area (Å²) in [6.07, 6.45) is 6.15. The van der Waals surface area contributed by atoms with Crippen LogP contribution in [0.4, 0.5) is 28.7 Å². The Kier molecular flexibility index (Phi) is 8.78. The molecule has 2 unspecified atom stereocenters. The number of anilines is 5. The van der Waals surface area contributed by atoms with Gasteiger partial charge >= 0.3 is 0 Å². The van der Waals surface area contributed by atoms with Crippen LogP contribution in [0.1, 0.15) is 31.4 Å². The summed E-state index contributed by atoms with van der Waals surface area (Å²) in [7, 11) is 0. The van der Waals surface area contributed by atoms with Crippen molar-refractivity contribution < 1.29 is 4.55 Å². The highest BCUT2D eigenvalue weighted by molar-refractivity contribution is 7.92. The summed E-state index contributed by atoms with van der Waals surface area (Å²) in [5.74, 6) is 0.370. The summed E-state index contributed by atoms with van der Waals surface area (Å²) in [6.45, 7) is 8.03. The average Bonchev–Trinajstić information content (AvgIpc) is 3.54. The van der Waals surface area contributed by atoms with Crippen molar-refractivity contribution in [1.82, 2.24) is 24.8 Å². The zero-order chi connectivity index (χ0) is 30.6. The summed E-state index contributed by atoms with van der Waals surface area (Å²) < 4.78 is 14.9. The standard InChI is InChI=1S/C33H36N8O2S/c1-21(2)44(43)30-8-4-6-22(3)28(30)20-41-31-23(16-29(32(41)42)38-26-7-5-14-34-18-26)17-36-33(40-31)39-25-11-9-24(10-12-25)37-27-13-15-35-19-27/h4-12,14,16-18,21,27,35,37-38H,13,15,19-20H2,1-3H3,(H,36,39,40). The smallest absolute Gasteiger partial charge is 0.276 e. The molecule has 3 aromatic heterocycles. The van der Waals surface area contributed by atoms with Crippen LogP contribution >= 0.6 is 0 Å². The average molecular weight is 609 g/mol. The number of aryl methyl sites for hydroxylation is 1. The number of hydrogen-bond acceptors (Lipinski definition) is 9. The van der Waals surface area contributed by atoms with E-state index in [1.165, 1.54) is 0 Å². The van der Waals surface area contributed by atoms with Gasteiger partial charge in [0.15, 0.2) is 4.90 Å². The van der Waals surface area contributed by atoms with Gasteiger partial charge in [-0.2, -0.15) is 4.98 Å². The molecule has 2 aromatic carbocycles. The maximum absolute atomic E-state index is 14.1. The minimum absolute atomic E-state index is 0.0721. The molecule has 44 heavy (non-hydrogen) atoms. The topological polar surface area (TPSA) is 132 Å². The number of benzene rings is 2. The molecule has 11 heteroatoms. The predicted octanol–water partition coefficient (Wildman–Crippen LogP) is 5.32. The monoisotopic (exact) mass is 608 g/mol. The van der Waals surface area contributed by atoms with Gasteiger partial charge in [0.1, 0.15) is 16.6 Å². The first-order valence-electron chi connectivity index (χ1n) is 14.8. The number of pyridine rings is 2. The van der Waals surface area contributed by atoms with Crippen molar-refractivity contribution in [3.8, 4) is 0 Å². The molecule has 1 fully saturated rings. The Labute approximate surface area is 259 Å². The van der Waals surface area contributed by atoms with Crippen LogP contribution in [0.3, 0.4) is 0 Å². The third-order valence-electron chi connectivity index (χ3n) is 7.67. The molecule has 1 aliphatic heterocycles. The Morgan fingerprint density at radius 2 is 1.86 bits per heavy atom. The van der Waals surface area contributed by atoms with Gasteiger partial charge in [-0.3, -0.25) is 14.3 Å². The van der Waals surface area contributed by atoms with E-state index in [9.17, 15) is 9.35 Å². The van der Waals surface area contributed by atoms with E-state index in [0.717, 1.165) is 46.9 Å². The second-order valence-electron chi connectivity index (χ2n) is 11.2. The van der Waals surface area contributed by atoms with E-state index in [4.69, 9.17) is 4.98 Å². The van der Waals surface area contributed by atoms with E-state index >= 15 is 0 Å². The fourth-order valence-corrected chi connectivity index (χ4v) is 6.51. The van der Waals surface area contributed by atoms with E-state index in [-0.39, 0.29) is 17.4 Å². The Balaban J connectivity index is 1.38. The molecule has 226 valence electrons. The van der Waals surface area contributed by atoms with E-state index < -0.39 is 11.2 Å². The zero-order valence-electron chi connectivity index (χ0n) is 25.0. The molecule has 5 aromatic rings. The summed E-state index contributed by atoms with van der Waals surface area (Å²) in [5.41, 5.74) is 4.96. The molecule has 1 saturated heterocycles. The molecule has 0 amide bonds. The molecule has 0 aliphatic carbocycles. The van der Waals surface area contributed by atoms with Crippen LogP contribution in [0.15, 0.2) is 88.9 Å². The van der Waals surface area contributed by atoms with Crippen molar-refractivity contribution in [2.24, 2.45) is 0 Å². The van der Waals surface area contributed by atoms with Gasteiger partial charge in [0.05, 0.1) is 18.4 Å². The van der Waals surface area contributed by atoms with Crippen molar-refractivity contribution in [2.75, 3.05) is 29.0 Å². The van der Waals surface area contributed by atoms with Crippen molar-refractivity contribution in [3.05, 3.63) is 101 Å². The SMILES string of the molecule is Cc1cccc([S+]([O-])C(C)C)c1Cn1c(=O)c(Nc2cccnc2)cc2cnc(Nc3ccc(NC4CCNC4)cc3)nc21. The Hall–Kier alpha value is -4.45. The number of rotatable bonds is 10. The molecule has 0 spiro atoms. The Bertz CT molecular complexity index is 1810. The third-order valence-corrected chi connectivity index (χ3v) is 9.34. The van der Waals surface area contributed by atoms with Gasteiger partial charge in [-0.05, 0) is 99.0 Å². The first-order chi connectivity index (χ1) is 21.4. The summed E-state index contributed by atoms with van der Waals surface area (Å²) in [4.78, 5) is 28.4. The number of nitrogens with zero attached hydrogens (tertiary/aromatic N) is 4. The molecule has 2 atom stereocenters. The molecule has 10 nitrogen and oxygen atoms in total. The molecule has 4 N–H and O–H groups in total. The van der Waals surface area contributed by atoms with E-state index in [1.807, 2.05) is 69.3 Å². The largest absolute Gasteiger partial charge is 0.611 e. The number of hydrogen-bond donors (Lipinski definition) is 4. The Morgan fingerprint density at radius 3 is 2.59 bits per heavy atom. The van der Waals surface area contributed by atoms with Crippen molar-refractivity contribution in [3.63, 3.8) is 0 Å². The van der Waals surface area contributed by atoms with Crippen molar-refractivity contribution in [2.45, 2.75) is 49.9 Å². The van der Waals surface area contributed by atoms with Crippen molar-refractivity contribution >= 4 is 50.9 Å². The lowest BCUT2D eigenvalue weighted by atomic mass is 10.1. The summed E-state index contributed by atoms with van der Waals surface area (Å²) >= 11 is -1.24. The minimum atomic E-state index is -1.24. The van der Waals surface area contributed by atoms with Gasteiger partial charge in [-0.15, -0.1) is 0 Å². The lowest BCUT2D eigenvalue weighted by Gasteiger charge is -2.20. The van der Waals surface area contributed by atoms with Gasteiger partial charge in [-0.1, -0.05) is 12.1 Å². The summed E-state index contributed by atoms with van der Waals surface area (Å²) in [6, 6.07) is 19.6. The quantitative estimate of drug-likeness (QED) is 0.156. The molecule has 1 aliphatic rings. The lowest BCUT2D eigenvalue weighted by Crippen LogP contribution is -2.26. The van der Waals surface area contributed by atoms with Crippen LogP contribution in [0.2, 0.25) is 0 Å². The number of fused-ring (bicyclic) bond motifs is 1. The molecule has 4 heterocycles. The molecule has 0 saturated carbocycles. The van der Waals surface area contributed by atoms with E-state index in [0.29, 0.717) is 34.4 Å². The minimum Gasteiger partial charge on any atom is -0.611 e. The summed E-state index contributed by atoms with van der Waals surface area (Å²) in [5, 5.41) is 14.0. The highest BCUT2D eigenvalue weighted by Gasteiger charge is 2.23. The fourth-order valence-electron chi connectivity index (χ4n) is 5.32. The van der Waals surface area contributed by atoms with Crippen LogP contribution in [0.25, 0.3) is 11.0 Å². The predicted molar refractivity (Wildman–Crippen MR) is 178 cm³/mol. The third kappa shape index (κ3) is 6.54. The van der Waals surface area contributed by atoms with E-state index in [1.54, 1.807) is 35.3 Å². The first-order valence-corrected chi connectivity index (χ1v) is 16.0. The second kappa shape index (κ2) is 13.0. The molecule has 0 bridgehead atoms. The Morgan fingerprint density at radius 1 is 1.05 bits per heavy atom. The van der Waals surface area contributed by atoms with Crippen LogP contribution < -0.4 is 26.8 Å². The first kappa shape index (κ1) is 29.6. The molecular weight excluding hydrogens is 572 g/mol. The van der Waals surface area contributed by atoms with Crippen LogP contribution in [-0.4, -0.2) is 48.5 Å². The number of aromatic nitrogens is 4. The highest BCUT2D eigenvalue weighted by atomic mass is 32.2. The van der Waals surface area contributed by atoms with Crippen LogP contribution in [0, 0.1) is 6.92 Å².